The molecular formula is C14H18F3IN4. The number of aliphatic imine (C=N–C) groups is 1. The van der Waals surface area contributed by atoms with E-state index in [9.17, 15) is 13.2 Å². The molecule has 0 saturated heterocycles. The van der Waals surface area contributed by atoms with Gasteiger partial charge in [-0.05, 0) is 17.5 Å². The van der Waals surface area contributed by atoms with Gasteiger partial charge in [-0.1, -0.05) is 18.2 Å². The molecule has 8 heteroatoms. The highest BCUT2D eigenvalue weighted by Crippen LogP contribution is 2.18. The number of benzene rings is 1. The van der Waals surface area contributed by atoms with E-state index in [1.807, 2.05) is 30.3 Å². The summed E-state index contributed by atoms with van der Waals surface area (Å²) in [7, 11) is 1.52. The molecule has 1 aromatic heterocycles. The molecule has 0 aliphatic carbocycles. The highest BCUT2D eigenvalue weighted by molar-refractivity contribution is 14.0. The molecule has 1 aromatic carbocycles. The van der Waals surface area contributed by atoms with Gasteiger partial charge in [0.05, 0.1) is 13.0 Å². The van der Waals surface area contributed by atoms with E-state index in [4.69, 9.17) is 0 Å². The summed E-state index contributed by atoms with van der Waals surface area (Å²) in [6, 6.07) is 9.84. The predicted octanol–water partition coefficient (Wildman–Crippen LogP) is 3.40. The Morgan fingerprint density at radius 1 is 1.23 bits per heavy atom. The van der Waals surface area contributed by atoms with Gasteiger partial charge in [0.1, 0.15) is 0 Å². The molecule has 3 N–H and O–H groups in total. The van der Waals surface area contributed by atoms with Crippen LogP contribution in [0.3, 0.4) is 0 Å². The first-order chi connectivity index (χ1) is 9.98. The summed E-state index contributed by atoms with van der Waals surface area (Å²) in [4.78, 5) is 7.12. The van der Waals surface area contributed by atoms with Crippen LogP contribution >= 0.6 is 24.0 Å². The van der Waals surface area contributed by atoms with Gasteiger partial charge in [-0.2, -0.15) is 13.2 Å². The first-order valence-corrected chi connectivity index (χ1v) is 6.56. The van der Waals surface area contributed by atoms with E-state index in [0.717, 1.165) is 16.6 Å². The predicted molar refractivity (Wildman–Crippen MR) is 92.6 cm³/mol. The number of rotatable bonds is 4. The van der Waals surface area contributed by atoms with Gasteiger partial charge >= 0.3 is 6.18 Å². The largest absolute Gasteiger partial charge is 0.390 e. The summed E-state index contributed by atoms with van der Waals surface area (Å²) >= 11 is 0. The van der Waals surface area contributed by atoms with Gasteiger partial charge in [-0.3, -0.25) is 4.99 Å². The average Bonchev–Trinajstić information content (AvgIpc) is 2.84. The number of alkyl halides is 3. The molecule has 4 nitrogen and oxygen atoms in total. The number of aromatic nitrogens is 1. The minimum Gasteiger partial charge on any atom is -0.357 e. The topological polar surface area (TPSA) is 52.2 Å². The maximum Gasteiger partial charge on any atom is 0.390 e. The molecule has 22 heavy (non-hydrogen) atoms. The monoisotopic (exact) mass is 426 g/mol. The third-order valence-electron chi connectivity index (χ3n) is 2.96. The summed E-state index contributed by atoms with van der Waals surface area (Å²) in [6.07, 6.45) is -5.05. The Balaban J connectivity index is 0.00000242. The molecule has 1 heterocycles. The van der Waals surface area contributed by atoms with Crippen LogP contribution in [0.5, 0.6) is 0 Å². The zero-order valence-corrected chi connectivity index (χ0v) is 14.3. The van der Waals surface area contributed by atoms with E-state index in [2.05, 4.69) is 20.6 Å². The number of halogens is 4. The number of para-hydroxylation sites is 1. The van der Waals surface area contributed by atoms with Crippen LogP contribution in [-0.4, -0.2) is 30.7 Å². The number of nitrogens with zero attached hydrogens (tertiary/aromatic N) is 1. The average molecular weight is 426 g/mol. The first-order valence-electron chi connectivity index (χ1n) is 6.56. The van der Waals surface area contributed by atoms with Crippen LogP contribution in [-0.2, 0) is 6.54 Å². The van der Waals surface area contributed by atoms with Gasteiger partial charge in [-0.25, -0.2) is 0 Å². The fourth-order valence-electron chi connectivity index (χ4n) is 1.95. The molecule has 0 bridgehead atoms. The Labute approximate surface area is 143 Å². The Morgan fingerprint density at radius 3 is 2.59 bits per heavy atom. The molecule has 0 aliphatic rings. The SMILES string of the molecule is CN=C(NCCC(F)(F)F)NCc1cc2ccccc2[nH]1.I. The van der Waals surface area contributed by atoms with Crippen molar-refractivity contribution in [2.75, 3.05) is 13.6 Å². The van der Waals surface area contributed by atoms with Gasteiger partial charge in [0, 0.05) is 24.8 Å². The summed E-state index contributed by atoms with van der Waals surface area (Å²) in [5.74, 6) is 0.345. The van der Waals surface area contributed by atoms with Crippen molar-refractivity contribution in [2.45, 2.75) is 19.1 Å². The van der Waals surface area contributed by atoms with E-state index in [0.29, 0.717) is 12.5 Å². The van der Waals surface area contributed by atoms with Gasteiger partial charge in [0.15, 0.2) is 5.96 Å². The van der Waals surface area contributed by atoms with E-state index >= 15 is 0 Å². The van der Waals surface area contributed by atoms with Crippen LogP contribution in [0.4, 0.5) is 13.2 Å². The summed E-state index contributed by atoms with van der Waals surface area (Å²) < 4.78 is 36.2. The normalized spacial score (nSPS) is 12.1. The Hall–Kier alpha value is -1.45. The first kappa shape index (κ1) is 18.6. The molecule has 2 aromatic rings. The maximum atomic E-state index is 12.1. The third kappa shape index (κ3) is 5.74. The van der Waals surface area contributed by atoms with Crippen LogP contribution in [0.1, 0.15) is 12.1 Å². The number of aromatic amines is 1. The summed E-state index contributed by atoms with van der Waals surface area (Å²) in [5.41, 5.74) is 1.96. The van der Waals surface area contributed by atoms with Crippen LogP contribution < -0.4 is 10.6 Å². The van der Waals surface area contributed by atoms with E-state index in [1.165, 1.54) is 7.05 Å². The molecule has 0 saturated carbocycles. The molecule has 2 rings (SSSR count). The van der Waals surface area contributed by atoms with Crippen LogP contribution in [0.2, 0.25) is 0 Å². The lowest BCUT2D eigenvalue weighted by Gasteiger charge is -2.12. The van der Waals surface area contributed by atoms with Gasteiger partial charge < -0.3 is 15.6 Å². The second kappa shape index (κ2) is 8.25. The Bertz CT molecular complexity index is 589. The molecule has 0 radical (unpaired) electrons. The van der Waals surface area contributed by atoms with Crippen molar-refractivity contribution in [1.82, 2.24) is 15.6 Å². The molecule has 0 aliphatic heterocycles. The van der Waals surface area contributed by atoms with Crippen molar-refractivity contribution in [3.05, 3.63) is 36.0 Å². The van der Waals surface area contributed by atoms with E-state index in [1.54, 1.807) is 0 Å². The van der Waals surface area contributed by atoms with Crippen LogP contribution in [0.15, 0.2) is 35.3 Å². The number of H-pyrrole nitrogens is 1. The number of hydrogen-bond donors (Lipinski definition) is 3. The van der Waals surface area contributed by atoms with Crippen LogP contribution in [0, 0.1) is 0 Å². The summed E-state index contributed by atoms with van der Waals surface area (Å²) in [5, 5.41) is 6.70. The molecule has 0 atom stereocenters. The van der Waals surface area contributed by atoms with Crippen molar-refractivity contribution in [3.63, 3.8) is 0 Å². The lowest BCUT2D eigenvalue weighted by molar-refractivity contribution is -0.132. The molecule has 0 fully saturated rings. The van der Waals surface area contributed by atoms with Crippen LogP contribution in [0.25, 0.3) is 10.9 Å². The maximum absolute atomic E-state index is 12.1. The molecule has 0 amide bonds. The van der Waals surface area contributed by atoms with Crippen molar-refractivity contribution in [2.24, 2.45) is 4.99 Å². The smallest absolute Gasteiger partial charge is 0.357 e. The summed E-state index contributed by atoms with van der Waals surface area (Å²) in [6.45, 7) is 0.260. The number of fused-ring (bicyclic) bond motifs is 1. The highest BCUT2D eigenvalue weighted by Gasteiger charge is 2.26. The highest BCUT2D eigenvalue weighted by atomic mass is 127. The second-order valence-electron chi connectivity index (χ2n) is 4.60. The van der Waals surface area contributed by atoms with Crippen molar-refractivity contribution < 1.29 is 13.2 Å². The number of hydrogen-bond acceptors (Lipinski definition) is 1. The van der Waals surface area contributed by atoms with Crippen molar-refractivity contribution in [3.8, 4) is 0 Å². The van der Waals surface area contributed by atoms with E-state index in [-0.39, 0.29) is 30.5 Å². The lowest BCUT2D eigenvalue weighted by Crippen LogP contribution is -2.38. The molecular weight excluding hydrogens is 408 g/mol. The minimum atomic E-state index is -4.16. The second-order valence-corrected chi connectivity index (χ2v) is 4.60. The zero-order chi connectivity index (χ0) is 15.3. The standard InChI is InChI=1S/C14H17F3N4.HI/c1-18-13(19-7-6-14(15,16)17)20-9-11-8-10-4-2-3-5-12(10)21-11;/h2-5,8,21H,6-7,9H2,1H3,(H2,18,19,20);1H. The number of guanidine groups is 1. The van der Waals surface area contributed by atoms with Gasteiger partial charge in [0.2, 0.25) is 0 Å². The number of nitrogens with one attached hydrogen (secondary N) is 3. The van der Waals surface area contributed by atoms with E-state index < -0.39 is 12.6 Å². The molecule has 0 unspecified atom stereocenters. The van der Waals surface area contributed by atoms with Crippen molar-refractivity contribution in [1.29, 1.82) is 0 Å². The Morgan fingerprint density at radius 2 is 1.95 bits per heavy atom. The Kier molecular flexibility index (Phi) is 6.98. The fraction of sp³-hybridized carbons (Fsp3) is 0.357. The van der Waals surface area contributed by atoms with Crippen molar-refractivity contribution >= 4 is 40.8 Å². The zero-order valence-electron chi connectivity index (χ0n) is 12.0. The fourth-order valence-corrected chi connectivity index (χ4v) is 1.95. The molecule has 0 spiro atoms. The minimum absolute atomic E-state index is 0. The third-order valence-corrected chi connectivity index (χ3v) is 2.96. The molecule has 122 valence electrons. The van der Waals surface area contributed by atoms with Gasteiger partial charge in [-0.15, -0.1) is 24.0 Å². The lowest BCUT2D eigenvalue weighted by atomic mass is 10.2. The quantitative estimate of drug-likeness (QED) is 0.399. The van der Waals surface area contributed by atoms with Gasteiger partial charge in [0.25, 0.3) is 0 Å².